The number of aliphatic hydroxyl groups excluding tert-OH is 2. The van der Waals surface area contributed by atoms with Crippen LogP contribution in [0, 0.1) is 5.92 Å². The highest BCUT2D eigenvalue weighted by atomic mass is 35.5. The molecule has 0 aromatic heterocycles. The van der Waals surface area contributed by atoms with E-state index in [1.807, 2.05) is 7.05 Å². The van der Waals surface area contributed by atoms with Gasteiger partial charge in [0.2, 0.25) is 5.91 Å². The van der Waals surface area contributed by atoms with E-state index in [9.17, 15) is 19.8 Å². The van der Waals surface area contributed by atoms with Crippen molar-refractivity contribution in [1.82, 2.24) is 10.2 Å². The van der Waals surface area contributed by atoms with Crippen molar-refractivity contribution in [2.75, 3.05) is 19.8 Å². The van der Waals surface area contributed by atoms with Crippen molar-refractivity contribution in [3.63, 3.8) is 0 Å². The molecular formula is C33H61ClN2O6S. The molecule has 0 aromatic carbocycles. The van der Waals surface area contributed by atoms with Crippen molar-refractivity contribution in [2.45, 2.75) is 171 Å². The van der Waals surface area contributed by atoms with Crippen molar-refractivity contribution < 1.29 is 29.3 Å². The number of hydrogen-bond acceptors (Lipinski definition) is 8. The highest BCUT2D eigenvalue weighted by molar-refractivity contribution is 7.99. The number of ether oxygens (including phenoxy) is 2. The highest BCUT2D eigenvalue weighted by Crippen LogP contribution is 2.33. The van der Waals surface area contributed by atoms with Gasteiger partial charge in [-0.1, -0.05) is 90.9 Å². The number of thioether (sulfide) groups is 1. The van der Waals surface area contributed by atoms with Gasteiger partial charge in [0, 0.05) is 13.0 Å². The van der Waals surface area contributed by atoms with E-state index >= 15 is 0 Å². The molecule has 2 aliphatic rings. The van der Waals surface area contributed by atoms with Crippen molar-refractivity contribution >= 4 is 35.2 Å². The van der Waals surface area contributed by atoms with Crippen LogP contribution in [-0.4, -0.2) is 94.2 Å². The van der Waals surface area contributed by atoms with Crippen LogP contribution in [0.15, 0.2) is 0 Å². The number of carbonyl (C=O) groups is 2. The predicted molar refractivity (Wildman–Crippen MR) is 176 cm³/mol. The molecule has 252 valence electrons. The summed E-state index contributed by atoms with van der Waals surface area (Å²) in [7, 11) is 1.95. The second-order valence-electron chi connectivity index (χ2n) is 12.8. The van der Waals surface area contributed by atoms with Gasteiger partial charge >= 0.3 is 5.97 Å². The molecular weight excluding hydrogens is 588 g/mol. The van der Waals surface area contributed by atoms with E-state index in [4.69, 9.17) is 21.1 Å². The van der Waals surface area contributed by atoms with E-state index < -0.39 is 47.2 Å². The Morgan fingerprint density at radius 3 is 2.09 bits per heavy atom. The minimum absolute atomic E-state index is 0.152. The molecule has 0 bridgehead atoms. The van der Waals surface area contributed by atoms with Gasteiger partial charge in [0.25, 0.3) is 0 Å². The van der Waals surface area contributed by atoms with E-state index in [0.717, 1.165) is 45.1 Å². The Morgan fingerprint density at radius 2 is 1.56 bits per heavy atom. The molecule has 2 saturated heterocycles. The maximum atomic E-state index is 13.3. The average Bonchev–Trinajstić information content (AvgIpc) is 3.35. The first-order valence-electron chi connectivity index (χ1n) is 17.0. The van der Waals surface area contributed by atoms with Crippen LogP contribution in [0.5, 0.6) is 0 Å². The van der Waals surface area contributed by atoms with Gasteiger partial charge in [-0.25, -0.2) is 0 Å². The van der Waals surface area contributed by atoms with Gasteiger partial charge in [0.1, 0.15) is 23.7 Å². The smallest absolute Gasteiger partial charge is 0.306 e. The standard InChI is InChI=1S/C33H61ClN2O6S/c1-6-8-9-10-11-12-13-14-15-16-17-18-20-26(37)41-31-29(39)28(38)30(42-33(31)43-5)27(23(3)34)35-32(40)25-21-24(19-7-2)22-36(25)4/h23-25,27-31,33,38-39H,6-22H2,1-5H3,(H,35,40)/t23-,24+,25-,27+,28?,29?,30?,31?,33?/m0/s1. The summed E-state index contributed by atoms with van der Waals surface area (Å²) >= 11 is 7.81. The van der Waals surface area contributed by atoms with Crippen molar-refractivity contribution in [3.8, 4) is 0 Å². The van der Waals surface area contributed by atoms with Crippen LogP contribution < -0.4 is 5.32 Å². The maximum absolute atomic E-state index is 13.3. The van der Waals surface area contributed by atoms with Crippen molar-refractivity contribution in [2.24, 2.45) is 5.92 Å². The number of esters is 1. The monoisotopic (exact) mass is 648 g/mol. The minimum atomic E-state index is -1.38. The summed E-state index contributed by atoms with van der Waals surface area (Å²) in [4.78, 5) is 28.0. The number of alkyl halides is 1. The maximum Gasteiger partial charge on any atom is 0.306 e. The zero-order valence-electron chi connectivity index (χ0n) is 27.5. The number of aliphatic hydroxyl groups is 2. The number of nitrogens with zero attached hydrogens (tertiary/aromatic N) is 1. The Balaban J connectivity index is 1.79. The molecule has 10 heteroatoms. The third-order valence-corrected chi connectivity index (χ3v) is 10.2. The van der Waals surface area contributed by atoms with Gasteiger partial charge in [0.05, 0.1) is 17.5 Å². The van der Waals surface area contributed by atoms with Gasteiger partial charge < -0.3 is 25.0 Å². The Bertz CT molecular complexity index is 790. The number of carbonyl (C=O) groups excluding carboxylic acids is 2. The lowest BCUT2D eigenvalue weighted by atomic mass is 9.92. The van der Waals surface area contributed by atoms with E-state index in [1.54, 1.807) is 13.2 Å². The van der Waals surface area contributed by atoms with E-state index in [-0.39, 0.29) is 18.4 Å². The molecule has 0 radical (unpaired) electrons. The summed E-state index contributed by atoms with van der Waals surface area (Å²) in [6, 6.07) is -1.00. The lowest BCUT2D eigenvalue weighted by Gasteiger charge is -2.45. The summed E-state index contributed by atoms with van der Waals surface area (Å²) in [5, 5.41) is 24.6. The fourth-order valence-corrected chi connectivity index (χ4v) is 7.47. The van der Waals surface area contributed by atoms with Crippen molar-refractivity contribution in [3.05, 3.63) is 0 Å². The van der Waals surface area contributed by atoms with Crippen LogP contribution in [0.2, 0.25) is 0 Å². The number of nitrogens with one attached hydrogen (secondary N) is 1. The summed E-state index contributed by atoms with van der Waals surface area (Å²) in [6.07, 6.45) is 14.8. The SMILES string of the molecule is CCCCCCCCCCCCCCC(=O)OC1C(SC)OC([C@H](NC(=O)[C@@H]2C[C@@H](CCC)CN2C)[C@H](C)Cl)C(O)C1O. The van der Waals surface area contributed by atoms with E-state index in [2.05, 4.69) is 24.1 Å². The van der Waals surface area contributed by atoms with Gasteiger partial charge in [-0.15, -0.1) is 23.4 Å². The number of likely N-dealkylation sites (N-methyl/N-ethyl adjacent to an activating group) is 1. The molecule has 8 nitrogen and oxygen atoms in total. The first-order valence-corrected chi connectivity index (χ1v) is 18.7. The Hall–Kier alpha value is -0.580. The molecule has 9 atom stereocenters. The Labute approximate surface area is 270 Å². The average molecular weight is 649 g/mol. The Kier molecular flexibility index (Phi) is 19.1. The number of halogens is 1. The molecule has 5 unspecified atom stereocenters. The van der Waals surface area contributed by atoms with Crippen LogP contribution in [0.4, 0.5) is 0 Å². The number of amides is 1. The van der Waals surface area contributed by atoms with Crippen molar-refractivity contribution in [1.29, 1.82) is 0 Å². The molecule has 0 spiro atoms. The molecule has 0 aliphatic carbocycles. The summed E-state index contributed by atoms with van der Waals surface area (Å²) in [5.41, 5.74) is -0.702. The second kappa shape index (κ2) is 21.3. The topological polar surface area (TPSA) is 108 Å². The van der Waals surface area contributed by atoms with Gasteiger partial charge in [-0.3, -0.25) is 14.5 Å². The zero-order chi connectivity index (χ0) is 31.8. The molecule has 3 N–H and O–H groups in total. The summed E-state index contributed by atoms with van der Waals surface area (Å²) in [6.45, 7) is 7.00. The first-order chi connectivity index (χ1) is 20.6. The second-order valence-corrected chi connectivity index (χ2v) is 14.5. The molecule has 43 heavy (non-hydrogen) atoms. The highest BCUT2D eigenvalue weighted by Gasteiger charge is 2.50. The van der Waals surface area contributed by atoms with Crippen LogP contribution in [-0.2, 0) is 19.1 Å². The first kappa shape index (κ1) is 38.6. The molecule has 2 rings (SSSR count). The van der Waals surface area contributed by atoms with Crippen LogP contribution in [0.1, 0.15) is 124 Å². The molecule has 1 amide bonds. The van der Waals surface area contributed by atoms with Crippen LogP contribution in [0.3, 0.4) is 0 Å². The minimum Gasteiger partial charge on any atom is -0.456 e. The summed E-state index contributed by atoms with van der Waals surface area (Å²) in [5.74, 6) is -0.0753. The molecule has 0 aromatic rings. The van der Waals surface area contributed by atoms with E-state index in [0.29, 0.717) is 5.92 Å². The molecule has 2 fully saturated rings. The Morgan fingerprint density at radius 1 is 0.977 bits per heavy atom. The number of likely N-dealkylation sites (tertiary alicyclic amines) is 1. The fraction of sp³-hybridized carbons (Fsp3) is 0.939. The number of rotatable bonds is 21. The lowest BCUT2D eigenvalue weighted by molar-refractivity contribution is -0.218. The quantitative estimate of drug-likeness (QED) is 0.0787. The summed E-state index contributed by atoms with van der Waals surface area (Å²) < 4.78 is 11.8. The molecule has 2 aliphatic heterocycles. The number of unbranched alkanes of at least 4 members (excludes halogenated alkanes) is 11. The fourth-order valence-electron chi connectivity index (χ4n) is 6.54. The third kappa shape index (κ3) is 13.0. The molecule has 0 saturated carbocycles. The molecule has 2 heterocycles. The zero-order valence-corrected chi connectivity index (χ0v) is 29.1. The lowest BCUT2D eigenvalue weighted by Crippen LogP contribution is -2.65. The third-order valence-electron chi connectivity index (χ3n) is 9.11. The van der Waals surface area contributed by atoms with Crippen LogP contribution >= 0.6 is 23.4 Å². The largest absolute Gasteiger partial charge is 0.456 e. The van der Waals surface area contributed by atoms with Gasteiger partial charge in [-0.05, 0) is 45.4 Å². The predicted octanol–water partition coefficient (Wildman–Crippen LogP) is 6.03. The van der Waals surface area contributed by atoms with Crippen LogP contribution in [0.25, 0.3) is 0 Å². The normalized spacial score (nSPS) is 29.3. The number of hydrogen-bond donors (Lipinski definition) is 3. The van der Waals surface area contributed by atoms with Gasteiger partial charge in [0.15, 0.2) is 6.10 Å². The van der Waals surface area contributed by atoms with E-state index in [1.165, 1.54) is 69.5 Å². The van der Waals surface area contributed by atoms with Gasteiger partial charge in [-0.2, -0.15) is 0 Å².